The van der Waals surface area contributed by atoms with E-state index in [1.54, 1.807) is 0 Å². The zero-order valence-electron chi connectivity index (χ0n) is 27.8. The SMILES string of the molecule is CC/C=C\C/C=C\C/C=C\CCCCCCCCCC(=O)OC(CCCCCCC)CCCCCCC(=O)NCC(=O)O. The van der Waals surface area contributed by atoms with Crippen LogP contribution >= 0.6 is 0 Å². The smallest absolute Gasteiger partial charge is 0.322 e. The highest BCUT2D eigenvalue weighted by atomic mass is 16.5. The van der Waals surface area contributed by atoms with E-state index in [9.17, 15) is 14.4 Å². The van der Waals surface area contributed by atoms with E-state index in [2.05, 4.69) is 55.6 Å². The van der Waals surface area contributed by atoms with Crippen LogP contribution < -0.4 is 5.32 Å². The Kier molecular flexibility index (Phi) is 30.7. The molecule has 0 aliphatic rings. The molecule has 1 unspecified atom stereocenters. The number of carbonyl (C=O) groups is 3. The largest absolute Gasteiger partial charge is 0.480 e. The molecule has 0 aromatic heterocycles. The lowest BCUT2D eigenvalue weighted by atomic mass is 10.0. The third-order valence-corrected chi connectivity index (χ3v) is 7.58. The molecule has 0 rings (SSSR count). The summed E-state index contributed by atoms with van der Waals surface area (Å²) >= 11 is 0. The van der Waals surface area contributed by atoms with Crippen molar-refractivity contribution in [1.82, 2.24) is 5.32 Å². The van der Waals surface area contributed by atoms with Crippen LogP contribution in [-0.4, -0.2) is 35.6 Å². The van der Waals surface area contributed by atoms with Gasteiger partial charge in [0.1, 0.15) is 12.6 Å². The van der Waals surface area contributed by atoms with Gasteiger partial charge in [-0.25, -0.2) is 0 Å². The summed E-state index contributed by atoms with van der Waals surface area (Å²) in [4.78, 5) is 34.7. The van der Waals surface area contributed by atoms with E-state index in [1.807, 2.05) is 0 Å². The van der Waals surface area contributed by atoms with Crippen molar-refractivity contribution in [2.24, 2.45) is 0 Å². The van der Waals surface area contributed by atoms with Crippen LogP contribution in [0.1, 0.15) is 168 Å². The highest BCUT2D eigenvalue weighted by molar-refractivity contribution is 5.80. The molecule has 6 heteroatoms. The summed E-state index contributed by atoms with van der Waals surface area (Å²) in [6.45, 7) is 4.05. The van der Waals surface area contributed by atoms with Crippen LogP contribution in [0.2, 0.25) is 0 Å². The molecule has 0 saturated heterocycles. The fourth-order valence-electron chi connectivity index (χ4n) is 5.00. The lowest BCUT2D eigenvalue weighted by Crippen LogP contribution is -2.28. The highest BCUT2D eigenvalue weighted by Crippen LogP contribution is 2.18. The summed E-state index contributed by atoms with van der Waals surface area (Å²) in [7, 11) is 0. The van der Waals surface area contributed by atoms with Gasteiger partial charge in [-0.2, -0.15) is 0 Å². The first-order valence-electron chi connectivity index (χ1n) is 17.6. The summed E-state index contributed by atoms with van der Waals surface area (Å²) in [5.41, 5.74) is 0. The molecule has 248 valence electrons. The molecule has 43 heavy (non-hydrogen) atoms. The number of ether oxygens (including phenoxy) is 1. The first-order chi connectivity index (χ1) is 21.0. The van der Waals surface area contributed by atoms with Crippen LogP contribution in [0.5, 0.6) is 0 Å². The van der Waals surface area contributed by atoms with Crippen LogP contribution in [0.25, 0.3) is 0 Å². The van der Waals surface area contributed by atoms with Gasteiger partial charge in [-0.1, -0.05) is 121 Å². The van der Waals surface area contributed by atoms with Gasteiger partial charge in [-0.05, 0) is 70.6 Å². The molecule has 0 heterocycles. The third-order valence-electron chi connectivity index (χ3n) is 7.58. The van der Waals surface area contributed by atoms with Crippen molar-refractivity contribution in [2.45, 2.75) is 174 Å². The Bertz CT molecular complexity index is 758. The van der Waals surface area contributed by atoms with Gasteiger partial charge < -0.3 is 15.2 Å². The topological polar surface area (TPSA) is 92.7 Å². The van der Waals surface area contributed by atoms with E-state index in [0.29, 0.717) is 12.8 Å². The number of amides is 1. The average molecular weight is 604 g/mol. The number of nitrogens with one attached hydrogen (secondary N) is 1. The van der Waals surface area contributed by atoms with Gasteiger partial charge in [0.05, 0.1) is 0 Å². The second kappa shape index (κ2) is 32.5. The molecule has 1 amide bonds. The Morgan fingerprint density at radius 1 is 0.628 bits per heavy atom. The van der Waals surface area contributed by atoms with Gasteiger partial charge in [0.2, 0.25) is 5.91 Å². The summed E-state index contributed by atoms with van der Waals surface area (Å²) in [5.74, 6) is -1.28. The Balaban J connectivity index is 3.96. The van der Waals surface area contributed by atoms with E-state index >= 15 is 0 Å². The molecule has 6 nitrogen and oxygen atoms in total. The van der Waals surface area contributed by atoms with Gasteiger partial charge in [0, 0.05) is 12.8 Å². The summed E-state index contributed by atoms with van der Waals surface area (Å²) in [5, 5.41) is 11.0. The Morgan fingerprint density at radius 2 is 1.14 bits per heavy atom. The molecule has 0 spiro atoms. The second-order valence-electron chi connectivity index (χ2n) is 11.7. The van der Waals surface area contributed by atoms with Gasteiger partial charge in [0.15, 0.2) is 0 Å². The second-order valence-corrected chi connectivity index (χ2v) is 11.7. The summed E-state index contributed by atoms with van der Waals surface area (Å²) in [6, 6.07) is 0. The zero-order chi connectivity index (χ0) is 31.6. The molecule has 0 aliphatic heterocycles. The molecule has 0 aromatic carbocycles. The first kappa shape index (κ1) is 40.6. The monoisotopic (exact) mass is 603 g/mol. The molecular formula is C37H65NO5. The number of unbranched alkanes of at least 4 members (excludes halogenated alkanes) is 14. The predicted octanol–water partition coefficient (Wildman–Crippen LogP) is 10.2. The van der Waals surface area contributed by atoms with Crippen molar-refractivity contribution in [3.05, 3.63) is 36.5 Å². The van der Waals surface area contributed by atoms with Gasteiger partial charge in [-0.15, -0.1) is 0 Å². The van der Waals surface area contributed by atoms with Crippen LogP contribution in [0.3, 0.4) is 0 Å². The van der Waals surface area contributed by atoms with E-state index in [1.165, 1.54) is 64.2 Å². The van der Waals surface area contributed by atoms with Crippen LogP contribution in [0.15, 0.2) is 36.5 Å². The molecule has 2 N–H and O–H groups in total. The Hall–Kier alpha value is -2.37. The van der Waals surface area contributed by atoms with Crippen molar-refractivity contribution in [3.8, 4) is 0 Å². The van der Waals surface area contributed by atoms with E-state index < -0.39 is 5.97 Å². The molecule has 0 radical (unpaired) electrons. The predicted molar refractivity (Wildman–Crippen MR) is 180 cm³/mol. The van der Waals surface area contributed by atoms with Gasteiger partial charge >= 0.3 is 11.9 Å². The molecule has 0 bridgehead atoms. The standard InChI is InChI=1S/C37H65NO5/c1-3-5-7-9-10-11-12-13-14-15-16-17-18-19-20-22-28-32-37(42)43-34(29-25-21-8-6-4-2)30-26-23-24-27-31-35(39)38-33-36(40)41/h5,7,10-11,13-14,34H,3-4,6,8-9,12,15-33H2,1-2H3,(H,38,39)(H,40,41)/b7-5-,11-10-,14-13-. The summed E-state index contributed by atoms with van der Waals surface area (Å²) < 4.78 is 5.91. The number of hydrogen-bond acceptors (Lipinski definition) is 4. The van der Waals surface area contributed by atoms with Crippen LogP contribution in [0, 0.1) is 0 Å². The average Bonchev–Trinajstić information content (AvgIpc) is 2.99. The molecular weight excluding hydrogens is 538 g/mol. The molecule has 0 saturated carbocycles. The van der Waals surface area contributed by atoms with E-state index in [0.717, 1.165) is 77.0 Å². The number of rotatable bonds is 31. The normalized spacial score (nSPS) is 12.4. The van der Waals surface area contributed by atoms with E-state index in [4.69, 9.17) is 9.84 Å². The lowest BCUT2D eigenvalue weighted by molar-refractivity contribution is -0.150. The number of carboxylic acid groups (broad SMARTS) is 1. The van der Waals surface area contributed by atoms with Crippen molar-refractivity contribution in [2.75, 3.05) is 6.54 Å². The maximum Gasteiger partial charge on any atom is 0.322 e. The van der Waals surface area contributed by atoms with Crippen molar-refractivity contribution in [1.29, 1.82) is 0 Å². The Morgan fingerprint density at radius 3 is 1.74 bits per heavy atom. The summed E-state index contributed by atoms with van der Waals surface area (Å²) in [6.07, 6.45) is 38.4. The maximum absolute atomic E-state index is 12.5. The van der Waals surface area contributed by atoms with Crippen molar-refractivity contribution < 1.29 is 24.2 Å². The number of aliphatic carboxylic acids is 1. The van der Waals surface area contributed by atoms with Gasteiger partial charge in [-0.3, -0.25) is 14.4 Å². The molecule has 1 atom stereocenters. The van der Waals surface area contributed by atoms with Crippen LogP contribution in [-0.2, 0) is 19.1 Å². The minimum Gasteiger partial charge on any atom is -0.480 e. The minimum absolute atomic E-state index is 0.000937. The van der Waals surface area contributed by atoms with Crippen LogP contribution in [0.4, 0.5) is 0 Å². The number of esters is 1. The fraction of sp³-hybridized carbons (Fsp3) is 0.757. The fourth-order valence-corrected chi connectivity index (χ4v) is 5.00. The van der Waals surface area contributed by atoms with E-state index in [-0.39, 0.29) is 24.5 Å². The highest BCUT2D eigenvalue weighted by Gasteiger charge is 2.14. The van der Waals surface area contributed by atoms with Crippen molar-refractivity contribution >= 4 is 17.8 Å². The number of carbonyl (C=O) groups excluding carboxylic acids is 2. The maximum atomic E-state index is 12.5. The Labute approximate surface area is 264 Å². The lowest BCUT2D eigenvalue weighted by Gasteiger charge is -2.18. The van der Waals surface area contributed by atoms with Gasteiger partial charge in [0.25, 0.3) is 0 Å². The van der Waals surface area contributed by atoms with Crippen molar-refractivity contribution in [3.63, 3.8) is 0 Å². The molecule has 0 aromatic rings. The quantitative estimate of drug-likeness (QED) is 0.0467. The molecule has 0 aliphatic carbocycles. The third kappa shape index (κ3) is 32.4. The number of hydrogen-bond donors (Lipinski definition) is 2. The molecule has 0 fully saturated rings. The first-order valence-corrected chi connectivity index (χ1v) is 17.6. The number of allylic oxidation sites excluding steroid dienone is 6. The minimum atomic E-state index is -1.02. The number of carboxylic acids is 1. The zero-order valence-corrected chi connectivity index (χ0v) is 27.8.